The first kappa shape index (κ1) is 24.8. The van der Waals surface area contributed by atoms with E-state index >= 15 is 0 Å². The summed E-state index contributed by atoms with van der Waals surface area (Å²) in [6, 6.07) is 18.8. The van der Waals surface area contributed by atoms with Crippen LogP contribution in [0.1, 0.15) is 24.0 Å². The number of rotatable bonds is 6. The Labute approximate surface area is 218 Å². The normalized spacial score (nSPS) is 20.6. The minimum atomic E-state index is -3.09. The first-order chi connectivity index (χ1) is 17.3. The molecule has 3 aromatic carbocycles. The summed E-state index contributed by atoms with van der Waals surface area (Å²) in [6.07, 6.45) is 1.09. The number of ether oxygens (including phenoxy) is 1. The van der Waals surface area contributed by atoms with Gasteiger partial charge in [0.1, 0.15) is 5.75 Å². The minimum absolute atomic E-state index is 0.0239. The molecule has 9 heteroatoms. The van der Waals surface area contributed by atoms with Crippen LogP contribution < -0.4 is 10.1 Å². The van der Waals surface area contributed by atoms with E-state index in [4.69, 9.17) is 4.74 Å². The van der Waals surface area contributed by atoms with Crippen LogP contribution in [0.4, 0.5) is 0 Å². The lowest BCUT2D eigenvalue weighted by atomic mass is 9.92. The molecule has 2 aliphatic heterocycles. The van der Waals surface area contributed by atoms with Crippen molar-refractivity contribution in [3.63, 3.8) is 0 Å². The Hall–Kier alpha value is -2.91. The quantitative estimate of drug-likeness (QED) is 0.488. The fourth-order valence-corrected chi connectivity index (χ4v) is 7.21. The summed E-state index contributed by atoms with van der Waals surface area (Å²) in [4.78, 5) is 27.9. The van der Waals surface area contributed by atoms with E-state index in [0.29, 0.717) is 25.1 Å². The zero-order valence-corrected chi connectivity index (χ0v) is 22.1. The number of sulfone groups is 1. The molecule has 5 rings (SSSR count). The molecule has 0 aliphatic carbocycles. The van der Waals surface area contributed by atoms with Crippen LogP contribution in [0, 0.1) is 0 Å². The van der Waals surface area contributed by atoms with Gasteiger partial charge in [-0.05, 0) is 41.5 Å². The molecule has 1 saturated heterocycles. The van der Waals surface area contributed by atoms with Crippen molar-refractivity contribution in [2.24, 2.45) is 0 Å². The van der Waals surface area contributed by atoms with E-state index in [1.807, 2.05) is 60.7 Å². The van der Waals surface area contributed by atoms with Crippen molar-refractivity contribution in [2.45, 2.75) is 37.9 Å². The lowest BCUT2D eigenvalue weighted by Gasteiger charge is -2.37. The number of carbonyl (C=O) groups is 2. The lowest BCUT2D eigenvalue weighted by molar-refractivity contribution is -0.138. The minimum Gasteiger partial charge on any atom is -0.483 e. The standard InChI is InChI=1S/C27H27BrN2O5S/c28-24-9-10-25(23-8-4-3-7-22(23)24)35-16-27(32)30-15-19-6-2-1-5-18(19)13-21(30)14-26(31)29-20-11-12-36(33,34)17-20/h1-10,20-21H,11-17H2,(H,29,31)/t20?,21-/m0/s1. The van der Waals surface area contributed by atoms with Crippen LogP contribution in [0.2, 0.25) is 0 Å². The second-order valence-electron chi connectivity index (χ2n) is 9.40. The van der Waals surface area contributed by atoms with Crippen molar-refractivity contribution >= 4 is 48.4 Å². The number of halogens is 1. The van der Waals surface area contributed by atoms with Crippen molar-refractivity contribution in [3.8, 4) is 5.75 Å². The Balaban J connectivity index is 1.30. The topological polar surface area (TPSA) is 92.8 Å². The molecular formula is C27H27BrN2O5S. The highest BCUT2D eigenvalue weighted by atomic mass is 79.9. The van der Waals surface area contributed by atoms with Gasteiger partial charge in [0.25, 0.3) is 5.91 Å². The molecule has 1 unspecified atom stereocenters. The van der Waals surface area contributed by atoms with E-state index in [9.17, 15) is 18.0 Å². The zero-order valence-electron chi connectivity index (χ0n) is 19.7. The molecule has 2 amide bonds. The number of amides is 2. The molecular weight excluding hydrogens is 544 g/mol. The van der Waals surface area contributed by atoms with E-state index in [-0.39, 0.29) is 48.4 Å². The molecule has 188 valence electrons. The SMILES string of the molecule is O=C(C[C@@H]1Cc2ccccc2CN1C(=O)COc1ccc(Br)c2ccccc12)NC1CCS(=O)(=O)C1. The van der Waals surface area contributed by atoms with Gasteiger partial charge in [-0.2, -0.15) is 0 Å². The molecule has 2 heterocycles. The number of hydrogen-bond acceptors (Lipinski definition) is 5. The Kier molecular flexibility index (Phi) is 7.03. The third-order valence-electron chi connectivity index (χ3n) is 6.88. The van der Waals surface area contributed by atoms with Crippen molar-refractivity contribution in [1.82, 2.24) is 10.2 Å². The van der Waals surface area contributed by atoms with Crippen LogP contribution in [0.3, 0.4) is 0 Å². The summed E-state index contributed by atoms with van der Waals surface area (Å²) >= 11 is 3.56. The number of fused-ring (bicyclic) bond motifs is 2. The average molecular weight is 571 g/mol. The maximum Gasteiger partial charge on any atom is 0.261 e. The molecule has 0 saturated carbocycles. The van der Waals surface area contributed by atoms with E-state index in [0.717, 1.165) is 26.4 Å². The van der Waals surface area contributed by atoms with Crippen molar-refractivity contribution in [3.05, 3.63) is 76.3 Å². The van der Waals surface area contributed by atoms with Crippen molar-refractivity contribution in [1.29, 1.82) is 0 Å². The highest BCUT2D eigenvalue weighted by Crippen LogP contribution is 2.32. The van der Waals surface area contributed by atoms with Crippen LogP contribution >= 0.6 is 15.9 Å². The van der Waals surface area contributed by atoms with Gasteiger partial charge in [-0.3, -0.25) is 9.59 Å². The van der Waals surface area contributed by atoms with Gasteiger partial charge in [-0.25, -0.2) is 8.42 Å². The summed E-state index contributed by atoms with van der Waals surface area (Å²) < 4.78 is 30.5. The smallest absolute Gasteiger partial charge is 0.261 e. The van der Waals surface area contributed by atoms with Crippen LogP contribution in [-0.4, -0.2) is 55.3 Å². The summed E-state index contributed by atoms with van der Waals surface area (Å²) in [5.74, 6) is 0.263. The fraction of sp³-hybridized carbons (Fsp3) is 0.333. The molecule has 1 N–H and O–H groups in total. The highest BCUT2D eigenvalue weighted by Gasteiger charge is 2.33. The molecule has 1 fully saturated rings. The van der Waals surface area contributed by atoms with E-state index in [2.05, 4.69) is 21.2 Å². The van der Waals surface area contributed by atoms with Gasteiger partial charge < -0.3 is 15.0 Å². The van der Waals surface area contributed by atoms with Gasteiger partial charge in [0.05, 0.1) is 11.5 Å². The van der Waals surface area contributed by atoms with Gasteiger partial charge in [0.2, 0.25) is 5.91 Å². The second-order valence-corrected chi connectivity index (χ2v) is 12.5. The second kappa shape index (κ2) is 10.2. The van der Waals surface area contributed by atoms with Gasteiger partial charge in [-0.15, -0.1) is 0 Å². The molecule has 0 bridgehead atoms. The number of nitrogens with zero attached hydrogens (tertiary/aromatic N) is 1. The number of nitrogens with one attached hydrogen (secondary N) is 1. The van der Waals surface area contributed by atoms with E-state index < -0.39 is 9.84 Å². The summed E-state index contributed by atoms with van der Waals surface area (Å²) in [5, 5.41) is 4.76. The monoisotopic (exact) mass is 570 g/mol. The molecule has 0 spiro atoms. The van der Waals surface area contributed by atoms with Crippen molar-refractivity contribution < 1.29 is 22.7 Å². The Morgan fingerprint density at radius 1 is 1.00 bits per heavy atom. The molecule has 0 radical (unpaired) electrons. The Morgan fingerprint density at radius 3 is 2.47 bits per heavy atom. The molecule has 36 heavy (non-hydrogen) atoms. The summed E-state index contributed by atoms with van der Waals surface area (Å²) in [7, 11) is -3.09. The summed E-state index contributed by atoms with van der Waals surface area (Å²) in [6.45, 7) is 0.252. The predicted octanol–water partition coefficient (Wildman–Crippen LogP) is 3.63. The number of benzene rings is 3. The van der Waals surface area contributed by atoms with Crippen LogP contribution in [0.15, 0.2) is 65.1 Å². The summed E-state index contributed by atoms with van der Waals surface area (Å²) in [5.41, 5.74) is 2.17. The molecule has 3 aromatic rings. The predicted molar refractivity (Wildman–Crippen MR) is 141 cm³/mol. The first-order valence-corrected chi connectivity index (χ1v) is 14.6. The zero-order chi connectivity index (χ0) is 25.3. The van der Waals surface area contributed by atoms with Crippen LogP contribution in [0.5, 0.6) is 5.75 Å². The first-order valence-electron chi connectivity index (χ1n) is 12.0. The van der Waals surface area contributed by atoms with Crippen molar-refractivity contribution in [2.75, 3.05) is 18.1 Å². The van der Waals surface area contributed by atoms with Crippen LogP contribution in [-0.2, 0) is 32.4 Å². The Morgan fingerprint density at radius 2 is 1.72 bits per heavy atom. The number of carbonyl (C=O) groups excluding carboxylic acids is 2. The maximum atomic E-state index is 13.4. The van der Waals surface area contributed by atoms with Gasteiger partial charge in [-0.1, -0.05) is 64.5 Å². The van der Waals surface area contributed by atoms with Gasteiger partial charge in [0.15, 0.2) is 16.4 Å². The fourth-order valence-electron chi connectivity index (χ4n) is 5.05. The lowest BCUT2D eigenvalue weighted by Crippen LogP contribution is -2.49. The molecule has 2 aliphatic rings. The third-order valence-corrected chi connectivity index (χ3v) is 9.34. The van der Waals surface area contributed by atoms with Gasteiger partial charge >= 0.3 is 0 Å². The molecule has 2 atom stereocenters. The van der Waals surface area contributed by atoms with Gasteiger partial charge in [0, 0.05) is 34.9 Å². The highest BCUT2D eigenvalue weighted by molar-refractivity contribution is 9.10. The maximum absolute atomic E-state index is 13.4. The molecule has 7 nitrogen and oxygen atoms in total. The third kappa shape index (κ3) is 5.42. The average Bonchev–Trinajstić information content (AvgIpc) is 3.20. The largest absolute Gasteiger partial charge is 0.483 e. The number of hydrogen-bond donors (Lipinski definition) is 1. The van der Waals surface area contributed by atoms with Crippen LogP contribution in [0.25, 0.3) is 10.8 Å². The van der Waals surface area contributed by atoms with E-state index in [1.165, 1.54) is 0 Å². The molecule has 0 aromatic heterocycles. The van der Waals surface area contributed by atoms with E-state index in [1.54, 1.807) is 4.90 Å². The Bertz CT molecular complexity index is 1420.